The molecule has 0 bridgehead atoms. The first kappa shape index (κ1) is 22.4. The van der Waals surface area contributed by atoms with Gasteiger partial charge in [-0.05, 0) is 32.1 Å². The Hall–Kier alpha value is -1.60. The molecule has 0 saturated heterocycles. The summed E-state index contributed by atoms with van der Waals surface area (Å²) in [7, 11) is 3.22. The molecular formula is C19H29F3N2O2. The molecule has 1 unspecified atom stereocenters. The molecule has 1 aromatic rings. The Balaban J connectivity index is 3.49. The zero-order chi connectivity index (χ0) is 20.3. The smallest absolute Gasteiger partial charge is 0.422 e. The summed E-state index contributed by atoms with van der Waals surface area (Å²) in [6.45, 7) is 9.21. The highest BCUT2D eigenvalue weighted by atomic mass is 19.4. The van der Waals surface area contributed by atoms with Gasteiger partial charge >= 0.3 is 6.18 Å². The van der Waals surface area contributed by atoms with E-state index >= 15 is 0 Å². The van der Waals surface area contributed by atoms with E-state index in [1.54, 1.807) is 13.1 Å². The van der Waals surface area contributed by atoms with E-state index in [4.69, 9.17) is 4.74 Å². The zero-order valence-corrected chi connectivity index (χ0v) is 16.5. The third-order valence-corrected chi connectivity index (χ3v) is 4.57. The predicted molar refractivity (Wildman–Crippen MR) is 98.5 cm³/mol. The Morgan fingerprint density at radius 3 is 2.23 bits per heavy atom. The number of aliphatic imine (C=N–C) groups is 1. The van der Waals surface area contributed by atoms with Crippen molar-refractivity contribution in [2.24, 2.45) is 10.4 Å². The highest BCUT2D eigenvalue weighted by molar-refractivity contribution is 5.68. The molecule has 0 spiro atoms. The van der Waals surface area contributed by atoms with E-state index in [1.807, 2.05) is 18.9 Å². The fourth-order valence-corrected chi connectivity index (χ4v) is 2.66. The first-order valence-corrected chi connectivity index (χ1v) is 8.48. The Morgan fingerprint density at radius 2 is 1.81 bits per heavy atom. The fourth-order valence-electron chi connectivity index (χ4n) is 2.66. The van der Waals surface area contributed by atoms with Crippen LogP contribution in [-0.4, -0.2) is 49.6 Å². The molecule has 0 amide bonds. The number of ether oxygens (including phenoxy) is 1. The number of alkyl halides is 3. The molecule has 7 heteroatoms. The van der Waals surface area contributed by atoms with E-state index in [1.165, 1.54) is 40.0 Å². The molecule has 1 aromatic carbocycles. The lowest BCUT2D eigenvalue weighted by molar-refractivity contribution is -0.302. The van der Waals surface area contributed by atoms with E-state index in [9.17, 15) is 18.3 Å². The molecule has 1 N–H and O–H groups in total. The number of aliphatic hydroxyl groups is 1. The highest BCUT2D eigenvalue weighted by Crippen LogP contribution is 2.53. The molecular weight excluding hydrogens is 345 g/mol. The van der Waals surface area contributed by atoms with Crippen LogP contribution in [0.5, 0.6) is 5.75 Å². The van der Waals surface area contributed by atoms with Gasteiger partial charge in [-0.3, -0.25) is 4.99 Å². The summed E-state index contributed by atoms with van der Waals surface area (Å²) in [6, 6.07) is 2.75. The number of hydrogen-bond acceptors (Lipinski definition) is 4. The summed E-state index contributed by atoms with van der Waals surface area (Å²) in [5.41, 5.74) is -3.81. The number of hydrogen-bond donors (Lipinski definition) is 1. The van der Waals surface area contributed by atoms with Gasteiger partial charge < -0.3 is 14.7 Å². The second kappa shape index (κ2) is 7.96. The van der Waals surface area contributed by atoms with Crippen LogP contribution in [0.2, 0.25) is 0 Å². The molecule has 1 atom stereocenters. The van der Waals surface area contributed by atoms with Crippen molar-refractivity contribution in [1.29, 1.82) is 0 Å². The average Bonchev–Trinajstić information content (AvgIpc) is 2.52. The van der Waals surface area contributed by atoms with Crippen LogP contribution in [0, 0.1) is 12.3 Å². The van der Waals surface area contributed by atoms with Gasteiger partial charge in [-0.15, -0.1) is 0 Å². The first-order chi connectivity index (χ1) is 11.8. The summed E-state index contributed by atoms with van der Waals surface area (Å²) in [4.78, 5) is 6.37. The van der Waals surface area contributed by atoms with Crippen LogP contribution in [0.3, 0.4) is 0 Å². The molecule has 0 aliphatic heterocycles. The maximum absolute atomic E-state index is 13.8. The van der Waals surface area contributed by atoms with Gasteiger partial charge in [0.25, 0.3) is 0 Å². The van der Waals surface area contributed by atoms with Crippen molar-refractivity contribution in [1.82, 2.24) is 4.90 Å². The number of halogens is 3. The molecule has 0 aliphatic carbocycles. The van der Waals surface area contributed by atoms with Crippen LogP contribution in [0.15, 0.2) is 17.1 Å². The average molecular weight is 374 g/mol. The van der Waals surface area contributed by atoms with Gasteiger partial charge in [0.05, 0.1) is 12.8 Å². The third kappa shape index (κ3) is 4.38. The first-order valence-electron chi connectivity index (χ1n) is 8.48. The van der Waals surface area contributed by atoms with Crippen molar-refractivity contribution in [3.63, 3.8) is 0 Å². The molecule has 26 heavy (non-hydrogen) atoms. The Bertz CT molecular complexity index is 635. The minimum absolute atomic E-state index is 0.0404. The quantitative estimate of drug-likeness (QED) is 0.748. The molecule has 0 aliphatic rings. The van der Waals surface area contributed by atoms with E-state index < -0.39 is 17.2 Å². The summed E-state index contributed by atoms with van der Waals surface area (Å²) in [5.74, 6) is -0.0404. The highest BCUT2D eigenvalue weighted by Gasteiger charge is 2.62. The van der Waals surface area contributed by atoms with Gasteiger partial charge in [0.2, 0.25) is 0 Å². The van der Waals surface area contributed by atoms with Crippen molar-refractivity contribution in [2.75, 3.05) is 27.2 Å². The normalized spacial score (nSPS) is 15.5. The second-order valence-corrected chi connectivity index (χ2v) is 7.46. The lowest BCUT2D eigenvalue weighted by Gasteiger charge is -2.42. The van der Waals surface area contributed by atoms with Gasteiger partial charge in [0.15, 0.2) is 5.60 Å². The lowest BCUT2D eigenvalue weighted by Crippen LogP contribution is -2.52. The van der Waals surface area contributed by atoms with Gasteiger partial charge in [0.1, 0.15) is 5.75 Å². The lowest BCUT2D eigenvalue weighted by atomic mass is 9.71. The SMILES string of the molecule is CCN(C)CC=Nc1cc(OC)c(C(O)(C(C)(C)C)C(F)(F)F)cc1C. The summed E-state index contributed by atoms with van der Waals surface area (Å²) >= 11 is 0. The van der Waals surface area contributed by atoms with Gasteiger partial charge in [-0.25, -0.2) is 0 Å². The monoisotopic (exact) mass is 374 g/mol. The van der Waals surface area contributed by atoms with E-state index in [0.717, 1.165) is 6.54 Å². The van der Waals surface area contributed by atoms with Crippen LogP contribution in [-0.2, 0) is 5.60 Å². The Kier molecular flexibility index (Phi) is 6.87. The summed E-state index contributed by atoms with van der Waals surface area (Å²) < 4.78 is 46.7. The molecule has 0 aromatic heterocycles. The zero-order valence-electron chi connectivity index (χ0n) is 16.5. The molecule has 4 nitrogen and oxygen atoms in total. The van der Waals surface area contributed by atoms with E-state index in [-0.39, 0.29) is 11.3 Å². The Labute approximate surface area is 153 Å². The second-order valence-electron chi connectivity index (χ2n) is 7.46. The van der Waals surface area contributed by atoms with Crippen molar-refractivity contribution in [3.05, 3.63) is 23.3 Å². The summed E-state index contributed by atoms with van der Waals surface area (Å²) in [6.07, 6.45) is -3.16. The fraction of sp³-hybridized carbons (Fsp3) is 0.632. The topological polar surface area (TPSA) is 45.1 Å². The van der Waals surface area contributed by atoms with E-state index in [0.29, 0.717) is 17.8 Å². The molecule has 148 valence electrons. The maximum Gasteiger partial charge on any atom is 0.422 e. The largest absolute Gasteiger partial charge is 0.496 e. The van der Waals surface area contributed by atoms with Crippen molar-refractivity contribution in [3.8, 4) is 5.75 Å². The standard InChI is InChI=1S/C19H29F3N2O2/c1-8-24(6)10-9-23-15-12-16(26-7)14(11-13(15)2)18(25,17(3,4)5)19(20,21)22/h9,11-12,25H,8,10H2,1-7H3. The number of rotatable bonds is 6. The van der Waals surface area contributed by atoms with Crippen LogP contribution in [0.25, 0.3) is 0 Å². The minimum Gasteiger partial charge on any atom is -0.496 e. The predicted octanol–water partition coefficient (Wildman–Crippen LogP) is 4.45. The van der Waals surface area contributed by atoms with Gasteiger partial charge in [-0.2, -0.15) is 13.2 Å². The van der Waals surface area contributed by atoms with Crippen molar-refractivity contribution in [2.45, 2.75) is 46.4 Å². The van der Waals surface area contributed by atoms with E-state index in [2.05, 4.69) is 4.99 Å². The number of nitrogens with zero attached hydrogens (tertiary/aromatic N) is 2. The van der Waals surface area contributed by atoms with Crippen LogP contribution in [0.4, 0.5) is 18.9 Å². The molecule has 0 fully saturated rings. The summed E-state index contributed by atoms with van der Waals surface area (Å²) in [5, 5.41) is 10.7. The molecule has 0 saturated carbocycles. The molecule has 0 radical (unpaired) electrons. The number of benzene rings is 1. The molecule has 0 heterocycles. The van der Waals surface area contributed by atoms with Crippen molar-refractivity contribution < 1.29 is 23.0 Å². The van der Waals surface area contributed by atoms with Crippen molar-refractivity contribution >= 4 is 11.9 Å². The Morgan fingerprint density at radius 1 is 1.23 bits per heavy atom. The van der Waals surface area contributed by atoms with Gasteiger partial charge in [-0.1, -0.05) is 27.7 Å². The van der Waals surface area contributed by atoms with Crippen LogP contribution < -0.4 is 4.74 Å². The van der Waals surface area contributed by atoms with Gasteiger partial charge in [0, 0.05) is 29.8 Å². The maximum atomic E-state index is 13.8. The minimum atomic E-state index is -4.86. The number of methoxy groups -OCH3 is 1. The van der Waals surface area contributed by atoms with Crippen LogP contribution >= 0.6 is 0 Å². The third-order valence-electron chi connectivity index (χ3n) is 4.57. The molecule has 1 rings (SSSR count). The van der Waals surface area contributed by atoms with Crippen LogP contribution in [0.1, 0.15) is 38.8 Å². The number of aryl methyl sites for hydroxylation is 1.